The van der Waals surface area contributed by atoms with E-state index in [0.29, 0.717) is 0 Å². The van der Waals surface area contributed by atoms with Gasteiger partial charge in [0, 0.05) is 0 Å². The quantitative estimate of drug-likeness (QED) is 0.771. The highest BCUT2D eigenvalue weighted by atomic mass is 32.2. The molecule has 2 aromatic carbocycles. The molecule has 0 amide bonds. The molecule has 0 nitrogen and oxygen atoms in total. The maximum absolute atomic E-state index is 12.9. The van der Waals surface area contributed by atoms with Crippen molar-refractivity contribution >= 4 is 17.3 Å². The van der Waals surface area contributed by atoms with Crippen LogP contribution in [-0.2, 0) is 0 Å². The third kappa shape index (κ3) is 2.99. The van der Waals surface area contributed by atoms with Gasteiger partial charge >= 0.3 is 0 Å². The van der Waals surface area contributed by atoms with Crippen LogP contribution < -0.4 is 0 Å². The average molecular weight is 262 g/mol. The monoisotopic (exact) mass is 262 g/mol. The van der Waals surface area contributed by atoms with Crippen molar-refractivity contribution in [2.24, 2.45) is 0 Å². The fraction of sp³-hybridized carbons (Fsp3) is 0.0667. The molecule has 3 heteroatoms. The van der Waals surface area contributed by atoms with Gasteiger partial charge in [-0.15, -0.1) is 11.8 Å². The van der Waals surface area contributed by atoms with E-state index in [1.165, 1.54) is 24.3 Å². The highest BCUT2D eigenvalue weighted by molar-refractivity contribution is 8.01. The zero-order valence-electron chi connectivity index (χ0n) is 9.86. The molecule has 0 fully saturated rings. The minimum absolute atomic E-state index is 0.263. The second-order valence-electron chi connectivity index (χ2n) is 3.78. The predicted octanol–water partition coefficient (Wildman–Crippen LogP) is 4.72. The normalized spacial score (nSPS) is 10.2. The fourth-order valence-electron chi connectivity index (χ4n) is 1.68. The van der Waals surface area contributed by atoms with Gasteiger partial charge in [0.25, 0.3) is 0 Å². The minimum atomic E-state index is -0.263. The molecule has 2 aromatic rings. The smallest absolute Gasteiger partial charge is 0.123 e. The molecule has 0 spiro atoms. The summed E-state index contributed by atoms with van der Waals surface area (Å²) in [5.74, 6) is -0.525. The van der Waals surface area contributed by atoms with Gasteiger partial charge in [-0.05, 0) is 52.6 Å². The lowest BCUT2D eigenvalue weighted by Gasteiger charge is -2.08. The molecule has 0 aliphatic rings. The fourth-order valence-corrected chi connectivity index (χ4v) is 2.19. The van der Waals surface area contributed by atoms with Crippen LogP contribution in [0.15, 0.2) is 53.9 Å². The summed E-state index contributed by atoms with van der Waals surface area (Å²) in [4.78, 5) is 0. The molecule has 0 saturated heterocycles. The Bertz CT molecular complexity index is 494. The van der Waals surface area contributed by atoms with Crippen LogP contribution in [0.2, 0.25) is 0 Å². The van der Waals surface area contributed by atoms with Gasteiger partial charge in [0.2, 0.25) is 0 Å². The van der Waals surface area contributed by atoms with E-state index in [-0.39, 0.29) is 11.6 Å². The number of hydrogen-bond donors (Lipinski definition) is 0. The first kappa shape index (κ1) is 12.8. The lowest BCUT2D eigenvalue weighted by atomic mass is 10.00. The van der Waals surface area contributed by atoms with Crippen molar-refractivity contribution in [2.45, 2.75) is 0 Å². The summed E-state index contributed by atoms with van der Waals surface area (Å²) in [6.07, 6.45) is 1.95. The van der Waals surface area contributed by atoms with Crippen molar-refractivity contribution < 1.29 is 8.78 Å². The second-order valence-corrected chi connectivity index (χ2v) is 4.49. The third-order valence-electron chi connectivity index (χ3n) is 2.55. The van der Waals surface area contributed by atoms with Gasteiger partial charge in [-0.1, -0.05) is 24.3 Å². The van der Waals surface area contributed by atoms with Crippen molar-refractivity contribution in [3.63, 3.8) is 0 Å². The third-order valence-corrected chi connectivity index (χ3v) is 3.02. The first-order valence-electron chi connectivity index (χ1n) is 5.45. The van der Waals surface area contributed by atoms with Gasteiger partial charge < -0.3 is 0 Å². The van der Waals surface area contributed by atoms with Gasteiger partial charge in [0.05, 0.1) is 0 Å². The molecule has 0 radical (unpaired) electrons. The molecule has 0 atom stereocenters. The average Bonchev–Trinajstić information content (AvgIpc) is 2.39. The molecule has 0 N–H and O–H groups in total. The Morgan fingerprint density at radius 3 is 1.56 bits per heavy atom. The molecule has 0 heterocycles. The molecular formula is C15H12F2S. The van der Waals surface area contributed by atoms with Gasteiger partial charge in [-0.3, -0.25) is 0 Å². The largest absolute Gasteiger partial charge is 0.207 e. The molecular weight excluding hydrogens is 250 g/mol. The van der Waals surface area contributed by atoms with Gasteiger partial charge in [-0.25, -0.2) is 8.78 Å². The molecule has 2 rings (SSSR count). The standard InChI is InChI=1S/C15H12F2S/c1-18-10-15(11-2-6-13(16)7-3-11)12-4-8-14(17)9-5-12/h2-10H,1H3. The number of rotatable bonds is 3. The highest BCUT2D eigenvalue weighted by Crippen LogP contribution is 2.26. The summed E-state index contributed by atoms with van der Waals surface area (Å²) < 4.78 is 25.8. The van der Waals surface area contributed by atoms with E-state index in [4.69, 9.17) is 0 Å². The summed E-state index contributed by atoms with van der Waals surface area (Å²) >= 11 is 1.56. The van der Waals surface area contributed by atoms with Gasteiger partial charge in [-0.2, -0.15) is 0 Å². The summed E-state index contributed by atoms with van der Waals surface area (Å²) in [7, 11) is 0. The van der Waals surface area contributed by atoms with Crippen molar-refractivity contribution in [2.75, 3.05) is 6.26 Å². The molecule has 0 saturated carbocycles. The molecule has 0 aliphatic carbocycles. The molecule has 0 bridgehead atoms. The van der Waals surface area contributed by atoms with E-state index in [9.17, 15) is 8.78 Å². The SMILES string of the molecule is CSC=C(c1ccc(F)cc1)c1ccc(F)cc1. The van der Waals surface area contributed by atoms with Crippen LogP contribution in [0.4, 0.5) is 8.78 Å². The zero-order valence-corrected chi connectivity index (χ0v) is 10.7. The Morgan fingerprint density at radius 2 is 1.22 bits per heavy atom. The van der Waals surface area contributed by atoms with Crippen LogP contribution in [0.5, 0.6) is 0 Å². The van der Waals surface area contributed by atoms with Crippen LogP contribution in [0, 0.1) is 11.6 Å². The van der Waals surface area contributed by atoms with E-state index in [2.05, 4.69) is 0 Å². The highest BCUT2D eigenvalue weighted by Gasteiger charge is 2.05. The van der Waals surface area contributed by atoms with Gasteiger partial charge in [0.15, 0.2) is 0 Å². The maximum Gasteiger partial charge on any atom is 0.123 e. The summed E-state index contributed by atoms with van der Waals surface area (Å²) in [6.45, 7) is 0. The minimum Gasteiger partial charge on any atom is -0.207 e. The Morgan fingerprint density at radius 1 is 0.833 bits per heavy atom. The predicted molar refractivity (Wildman–Crippen MR) is 73.4 cm³/mol. The van der Waals surface area contributed by atoms with Crippen LogP contribution in [0.25, 0.3) is 5.57 Å². The van der Waals surface area contributed by atoms with Crippen LogP contribution >= 0.6 is 11.8 Å². The van der Waals surface area contributed by atoms with Crippen LogP contribution in [-0.4, -0.2) is 6.26 Å². The van der Waals surface area contributed by atoms with Crippen LogP contribution in [0.1, 0.15) is 11.1 Å². The zero-order chi connectivity index (χ0) is 13.0. The number of benzene rings is 2. The maximum atomic E-state index is 12.9. The Labute approximate surface area is 109 Å². The lowest BCUT2D eigenvalue weighted by molar-refractivity contribution is 0.627. The van der Waals surface area contributed by atoms with Gasteiger partial charge in [0.1, 0.15) is 11.6 Å². The van der Waals surface area contributed by atoms with E-state index >= 15 is 0 Å². The Hall–Kier alpha value is -1.61. The Kier molecular flexibility index (Phi) is 4.15. The van der Waals surface area contributed by atoms with E-state index in [1.54, 1.807) is 36.0 Å². The lowest BCUT2D eigenvalue weighted by Crippen LogP contribution is -1.88. The molecule has 0 aliphatic heterocycles. The first-order chi connectivity index (χ1) is 8.70. The summed E-state index contributed by atoms with van der Waals surface area (Å²) in [5.41, 5.74) is 2.79. The second kappa shape index (κ2) is 5.83. The summed E-state index contributed by atoms with van der Waals surface area (Å²) in [6, 6.07) is 12.6. The number of thioether (sulfide) groups is 1. The van der Waals surface area contributed by atoms with Crippen molar-refractivity contribution in [3.8, 4) is 0 Å². The summed E-state index contributed by atoms with van der Waals surface area (Å²) in [5, 5.41) is 1.97. The number of halogens is 2. The van der Waals surface area contributed by atoms with Crippen molar-refractivity contribution in [3.05, 3.63) is 76.7 Å². The first-order valence-corrected chi connectivity index (χ1v) is 6.74. The topological polar surface area (TPSA) is 0 Å². The molecule has 0 aromatic heterocycles. The van der Waals surface area contributed by atoms with E-state index < -0.39 is 0 Å². The van der Waals surface area contributed by atoms with Crippen molar-refractivity contribution in [1.82, 2.24) is 0 Å². The van der Waals surface area contributed by atoms with Crippen LogP contribution in [0.3, 0.4) is 0 Å². The molecule has 92 valence electrons. The number of hydrogen-bond acceptors (Lipinski definition) is 1. The van der Waals surface area contributed by atoms with E-state index in [0.717, 1.165) is 16.7 Å². The molecule has 18 heavy (non-hydrogen) atoms. The van der Waals surface area contributed by atoms with Crippen molar-refractivity contribution in [1.29, 1.82) is 0 Å². The molecule has 0 unspecified atom stereocenters. The van der Waals surface area contributed by atoms with E-state index in [1.807, 2.05) is 11.7 Å². The Balaban J connectivity index is 2.43.